The maximum Gasteiger partial charge on any atom is 0.0784 e. The number of hydrogen-bond donors (Lipinski definition) is 1. The average molecular weight is 273 g/mol. The number of rotatable bonds is 4. The van der Waals surface area contributed by atoms with Gasteiger partial charge < -0.3 is 5.32 Å². The third-order valence-electron chi connectivity index (χ3n) is 3.70. The van der Waals surface area contributed by atoms with Gasteiger partial charge in [0.25, 0.3) is 0 Å². The molecule has 2 atom stereocenters. The highest BCUT2D eigenvalue weighted by atomic mass is 32.1. The van der Waals surface area contributed by atoms with E-state index in [0.29, 0.717) is 17.9 Å². The quantitative estimate of drug-likeness (QED) is 0.632. The predicted molar refractivity (Wildman–Crippen MR) is 86.2 cm³/mol. The molecule has 0 spiro atoms. The van der Waals surface area contributed by atoms with Crippen LogP contribution in [0.25, 0.3) is 0 Å². The maximum atomic E-state index is 5.49. The van der Waals surface area contributed by atoms with E-state index in [1.807, 2.05) is 0 Å². The minimum Gasteiger partial charge on any atom is -0.372 e. The Hall–Kier alpha value is -1.15. The molecule has 0 heterocycles. The minimum absolute atomic E-state index is 0.313. The van der Waals surface area contributed by atoms with Gasteiger partial charge in [-0.05, 0) is 24.8 Å². The molecule has 0 radical (unpaired) electrons. The lowest BCUT2D eigenvalue weighted by atomic mass is 9.85. The lowest BCUT2D eigenvalue weighted by Crippen LogP contribution is -2.34. The fourth-order valence-corrected chi connectivity index (χ4v) is 2.66. The monoisotopic (exact) mass is 273 g/mol. The van der Waals surface area contributed by atoms with Crippen molar-refractivity contribution in [2.75, 3.05) is 0 Å². The van der Waals surface area contributed by atoms with Crippen LogP contribution >= 0.6 is 12.2 Å². The van der Waals surface area contributed by atoms with Crippen LogP contribution < -0.4 is 5.32 Å². The van der Waals surface area contributed by atoms with Gasteiger partial charge in [0.2, 0.25) is 0 Å². The van der Waals surface area contributed by atoms with Crippen molar-refractivity contribution in [1.29, 1.82) is 0 Å². The summed E-state index contributed by atoms with van der Waals surface area (Å²) in [7, 11) is 0. The molecule has 1 aliphatic carbocycles. The van der Waals surface area contributed by atoms with Crippen LogP contribution in [-0.4, -0.2) is 4.99 Å². The Kier molecular flexibility index (Phi) is 5.15. The van der Waals surface area contributed by atoms with Crippen LogP contribution in [-0.2, 0) is 0 Å². The number of allylic oxidation sites excluding steroid dienone is 1. The Morgan fingerprint density at radius 2 is 2.00 bits per heavy atom. The molecular formula is C17H23NS. The van der Waals surface area contributed by atoms with Gasteiger partial charge in [-0.1, -0.05) is 68.5 Å². The Balaban J connectivity index is 2.20. The Labute approximate surface area is 122 Å². The Bertz CT molecular complexity index is 436. The topological polar surface area (TPSA) is 12.0 Å². The van der Waals surface area contributed by atoms with Crippen LogP contribution in [0.15, 0.2) is 42.5 Å². The minimum atomic E-state index is 0.313. The van der Waals surface area contributed by atoms with E-state index < -0.39 is 0 Å². The number of hydrogen-bond acceptors (Lipinski definition) is 1. The van der Waals surface area contributed by atoms with Crippen LogP contribution in [0.4, 0.5) is 0 Å². The summed E-state index contributed by atoms with van der Waals surface area (Å²) >= 11 is 5.49. The van der Waals surface area contributed by atoms with Crippen molar-refractivity contribution < 1.29 is 0 Å². The van der Waals surface area contributed by atoms with Gasteiger partial charge in [-0.15, -0.1) is 0 Å². The van der Waals surface area contributed by atoms with Crippen LogP contribution in [0.5, 0.6) is 0 Å². The molecule has 2 unspecified atom stereocenters. The molecule has 1 aromatic rings. The first-order valence-electron chi connectivity index (χ1n) is 7.20. The van der Waals surface area contributed by atoms with Gasteiger partial charge in [-0.25, -0.2) is 0 Å². The van der Waals surface area contributed by atoms with E-state index in [-0.39, 0.29) is 0 Å². The standard InChI is InChI=1S/C17H23NS/c1-13(2)17(19)18-16(14-9-5-3-6-10-14)15-11-7-4-8-12-15/h3,5-7,9-11,13,15-16H,4,8,12H2,1-2H3,(H,18,19). The number of benzene rings is 1. The smallest absolute Gasteiger partial charge is 0.0784 e. The average Bonchev–Trinajstić information content (AvgIpc) is 2.46. The molecule has 0 fully saturated rings. The number of thiocarbonyl (C=S) groups is 1. The molecule has 1 N–H and O–H groups in total. The third kappa shape index (κ3) is 3.90. The van der Waals surface area contributed by atoms with E-state index >= 15 is 0 Å². The lowest BCUT2D eigenvalue weighted by molar-refractivity contribution is 0.424. The molecule has 0 saturated carbocycles. The summed E-state index contributed by atoms with van der Waals surface area (Å²) in [4.78, 5) is 0.966. The molecule has 1 aliphatic rings. The Morgan fingerprint density at radius 3 is 2.58 bits per heavy atom. The van der Waals surface area contributed by atoms with E-state index in [1.54, 1.807) is 0 Å². The fraction of sp³-hybridized carbons (Fsp3) is 0.471. The second-order valence-corrected chi connectivity index (χ2v) is 6.01. The number of nitrogens with one attached hydrogen (secondary N) is 1. The Morgan fingerprint density at radius 1 is 1.26 bits per heavy atom. The van der Waals surface area contributed by atoms with E-state index in [1.165, 1.54) is 24.8 Å². The highest BCUT2D eigenvalue weighted by molar-refractivity contribution is 7.80. The molecule has 1 aromatic carbocycles. The summed E-state index contributed by atoms with van der Waals surface area (Å²) in [6, 6.07) is 11.0. The van der Waals surface area contributed by atoms with Gasteiger partial charge in [0.1, 0.15) is 0 Å². The van der Waals surface area contributed by atoms with Crippen molar-refractivity contribution in [2.45, 2.75) is 39.2 Å². The van der Waals surface area contributed by atoms with Gasteiger partial charge in [0.15, 0.2) is 0 Å². The van der Waals surface area contributed by atoms with Gasteiger partial charge in [0, 0.05) is 11.8 Å². The molecule has 0 amide bonds. The molecule has 0 saturated heterocycles. The molecule has 2 rings (SSSR count). The van der Waals surface area contributed by atoms with Crippen LogP contribution in [0, 0.1) is 11.8 Å². The summed E-state index contributed by atoms with van der Waals surface area (Å²) in [5.41, 5.74) is 1.34. The van der Waals surface area contributed by atoms with Crippen molar-refractivity contribution >= 4 is 17.2 Å². The summed E-state index contributed by atoms with van der Waals surface area (Å²) < 4.78 is 0. The van der Waals surface area contributed by atoms with Crippen LogP contribution in [0.3, 0.4) is 0 Å². The van der Waals surface area contributed by atoms with E-state index in [0.717, 1.165) is 4.99 Å². The normalized spacial score (nSPS) is 20.3. The van der Waals surface area contributed by atoms with Gasteiger partial charge in [0.05, 0.1) is 11.0 Å². The SMILES string of the molecule is CC(C)C(=S)NC(c1ccccc1)C1C=CCCC1. The second kappa shape index (κ2) is 6.85. The molecule has 1 nitrogen and oxygen atoms in total. The highest BCUT2D eigenvalue weighted by Crippen LogP contribution is 2.30. The molecule has 102 valence electrons. The summed E-state index contributed by atoms with van der Waals surface area (Å²) in [6.45, 7) is 4.29. The van der Waals surface area contributed by atoms with Crippen molar-refractivity contribution in [3.8, 4) is 0 Å². The third-order valence-corrected chi connectivity index (χ3v) is 4.29. The molecule has 0 aliphatic heterocycles. The van der Waals surface area contributed by atoms with Gasteiger partial charge in [-0.3, -0.25) is 0 Å². The predicted octanol–water partition coefficient (Wildman–Crippen LogP) is 4.66. The van der Waals surface area contributed by atoms with E-state index in [4.69, 9.17) is 12.2 Å². The first-order chi connectivity index (χ1) is 9.18. The van der Waals surface area contributed by atoms with Gasteiger partial charge in [-0.2, -0.15) is 0 Å². The lowest BCUT2D eigenvalue weighted by Gasteiger charge is -2.30. The zero-order valence-corrected chi connectivity index (χ0v) is 12.6. The van der Waals surface area contributed by atoms with E-state index in [9.17, 15) is 0 Å². The molecule has 0 aromatic heterocycles. The van der Waals surface area contributed by atoms with Crippen molar-refractivity contribution in [3.05, 3.63) is 48.0 Å². The van der Waals surface area contributed by atoms with Crippen molar-refractivity contribution in [2.24, 2.45) is 11.8 Å². The van der Waals surface area contributed by atoms with E-state index in [2.05, 4.69) is 61.6 Å². The first-order valence-corrected chi connectivity index (χ1v) is 7.61. The second-order valence-electron chi connectivity index (χ2n) is 5.57. The van der Waals surface area contributed by atoms with Crippen LogP contribution in [0.1, 0.15) is 44.7 Å². The molecular weight excluding hydrogens is 250 g/mol. The van der Waals surface area contributed by atoms with Gasteiger partial charge >= 0.3 is 0 Å². The molecule has 0 bridgehead atoms. The molecule has 19 heavy (non-hydrogen) atoms. The summed E-state index contributed by atoms with van der Waals surface area (Å²) in [5.74, 6) is 0.946. The molecule has 2 heteroatoms. The maximum absolute atomic E-state index is 5.49. The zero-order chi connectivity index (χ0) is 13.7. The van der Waals surface area contributed by atoms with Crippen molar-refractivity contribution in [3.63, 3.8) is 0 Å². The first kappa shape index (κ1) is 14.3. The van der Waals surface area contributed by atoms with Crippen molar-refractivity contribution in [1.82, 2.24) is 5.32 Å². The zero-order valence-electron chi connectivity index (χ0n) is 11.8. The largest absolute Gasteiger partial charge is 0.372 e. The van der Waals surface area contributed by atoms with Crippen LogP contribution in [0.2, 0.25) is 0 Å². The fourth-order valence-electron chi connectivity index (χ4n) is 2.53. The highest BCUT2D eigenvalue weighted by Gasteiger charge is 2.23. The summed E-state index contributed by atoms with van der Waals surface area (Å²) in [6.07, 6.45) is 8.40. The summed E-state index contributed by atoms with van der Waals surface area (Å²) in [5, 5.41) is 3.58.